The van der Waals surface area contributed by atoms with Gasteiger partial charge in [-0.2, -0.15) is 0 Å². The number of imide groups is 1. The van der Waals surface area contributed by atoms with Crippen LogP contribution < -0.4 is 10.2 Å². The Bertz CT molecular complexity index is 1260. The number of carbonyl (C=O) groups excluding carboxylic acids is 4. The third kappa shape index (κ3) is 4.00. The van der Waals surface area contributed by atoms with Gasteiger partial charge in [0.05, 0.1) is 16.7 Å². The second-order valence-corrected chi connectivity index (χ2v) is 7.50. The van der Waals surface area contributed by atoms with Crippen LogP contribution in [0, 0.1) is 20.8 Å². The van der Waals surface area contributed by atoms with Gasteiger partial charge in [-0.1, -0.05) is 11.2 Å². The second-order valence-electron chi connectivity index (χ2n) is 7.50. The number of hydrogen-bond acceptors (Lipinski definition) is 7. The number of esters is 1. The number of nitrogens with one attached hydrogen (secondary N) is 1. The minimum absolute atomic E-state index is 0.0438. The fraction of sp³-hybridized carbons (Fsp3) is 0.174. The molecule has 3 amide bonds. The maximum Gasteiger partial charge on any atom is 0.338 e. The predicted molar refractivity (Wildman–Crippen MR) is 114 cm³/mol. The highest BCUT2D eigenvalue weighted by molar-refractivity contribution is 6.34. The molecule has 2 aromatic carbocycles. The molecule has 0 bridgehead atoms. The summed E-state index contributed by atoms with van der Waals surface area (Å²) in [4.78, 5) is 50.8. The molecule has 9 nitrogen and oxygen atoms in total. The number of amides is 3. The Kier molecular flexibility index (Phi) is 5.31. The molecular weight excluding hydrogens is 414 g/mol. The Labute approximate surface area is 182 Å². The first kappa shape index (κ1) is 21.0. The van der Waals surface area contributed by atoms with E-state index in [0.717, 1.165) is 16.0 Å². The summed E-state index contributed by atoms with van der Waals surface area (Å²) < 4.78 is 10.0. The number of aryl methyl sites for hydroxylation is 3. The van der Waals surface area contributed by atoms with Crippen molar-refractivity contribution in [3.8, 4) is 0 Å². The Balaban J connectivity index is 1.44. The Morgan fingerprint density at radius 1 is 0.969 bits per heavy atom. The standard InChI is InChI=1S/C23H19N3O6/c1-12-6-13(2)8-16(7-12)24-20(27)11-31-23(30)15-4-5-17-18(10-15)22(29)26(21(17)28)19-9-14(3)32-25-19/h4-10H,11H2,1-3H3,(H,24,27). The molecule has 4 rings (SSSR count). The van der Waals surface area contributed by atoms with Crippen LogP contribution in [-0.4, -0.2) is 35.5 Å². The van der Waals surface area contributed by atoms with Gasteiger partial charge in [0.2, 0.25) is 0 Å². The Morgan fingerprint density at radius 2 is 1.66 bits per heavy atom. The van der Waals surface area contributed by atoms with Crippen LogP contribution in [-0.2, 0) is 9.53 Å². The Morgan fingerprint density at radius 3 is 2.31 bits per heavy atom. The van der Waals surface area contributed by atoms with Gasteiger partial charge in [-0.3, -0.25) is 14.4 Å². The van der Waals surface area contributed by atoms with Gasteiger partial charge in [0.1, 0.15) is 5.76 Å². The van der Waals surface area contributed by atoms with E-state index in [1.54, 1.807) is 19.1 Å². The molecule has 1 N–H and O–H groups in total. The molecule has 1 aromatic heterocycles. The molecule has 3 aromatic rings. The van der Waals surface area contributed by atoms with Crippen LogP contribution >= 0.6 is 0 Å². The molecule has 32 heavy (non-hydrogen) atoms. The maximum absolute atomic E-state index is 12.7. The minimum atomic E-state index is -0.792. The van der Waals surface area contributed by atoms with Gasteiger partial charge in [0, 0.05) is 11.8 Å². The molecule has 0 fully saturated rings. The number of anilines is 2. The zero-order valence-corrected chi connectivity index (χ0v) is 17.6. The average Bonchev–Trinajstić information content (AvgIpc) is 3.26. The van der Waals surface area contributed by atoms with Crippen molar-refractivity contribution >= 4 is 35.2 Å². The number of rotatable bonds is 5. The van der Waals surface area contributed by atoms with E-state index in [1.807, 2.05) is 19.9 Å². The van der Waals surface area contributed by atoms with Gasteiger partial charge < -0.3 is 14.6 Å². The van der Waals surface area contributed by atoms with Crippen LogP contribution in [0.15, 0.2) is 47.0 Å². The third-order valence-corrected chi connectivity index (χ3v) is 4.81. The summed E-state index contributed by atoms with van der Waals surface area (Å²) in [6.07, 6.45) is 0. The van der Waals surface area contributed by atoms with Crippen molar-refractivity contribution in [3.63, 3.8) is 0 Å². The van der Waals surface area contributed by atoms with E-state index >= 15 is 0 Å². The topological polar surface area (TPSA) is 119 Å². The summed E-state index contributed by atoms with van der Waals surface area (Å²) in [6, 6.07) is 11.1. The van der Waals surface area contributed by atoms with Crippen molar-refractivity contribution in [3.05, 3.63) is 76.0 Å². The van der Waals surface area contributed by atoms with Gasteiger partial charge in [-0.15, -0.1) is 0 Å². The monoisotopic (exact) mass is 433 g/mol. The van der Waals surface area contributed by atoms with Crippen molar-refractivity contribution in [2.24, 2.45) is 0 Å². The lowest BCUT2D eigenvalue weighted by molar-refractivity contribution is -0.119. The van der Waals surface area contributed by atoms with E-state index in [9.17, 15) is 19.2 Å². The van der Waals surface area contributed by atoms with Crippen molar-refractivity contribution in [2.75, 3.05) is 16.8 Å². The van der Waals surface area contributed by atoms with Gasteiger partial charge >= 0.3 is 5.97 Å². The van der Waals surface area contributed by atoms with Gasteiger partial charge in [0.15, 0.2) is 12.4 Å². The summed E-state index contributed by atoms with van der Waals surface area (Å²) in [5.74, 6) is -1.96. The number of benzene rings is 2. The first-order valence-electron chi connectivity index (χ1n) is 9.74. The molecule has 0 unspecified atom stereocenters. The lowest BCUT2D eigenvalue weighted by atomic mass is 10.1. The SMILES string of the molecule is Cc1cc(C)cc(NC(=O)COC(=O)c2ccc3c(c2)C(=O)N(c2cc(C)on2)C3=O)c1. The van der Waals surface area contributed by atoms with Gasteiger partial charge in [-0.25, -0.2) is 9.69 Å². The van der Waals surface area contributed by atoms with Crippen molar-refractivity contribution in [1.29, 1.82) is 0 Å². The highest BCUT2D eigenvalue weighted by atomic mass is 16.5. The zero-order valence-electron chi connectivity index (χ0n) is 17.6. The number of hydrogen-bond donors (Lipinski definition) is 1. The molecule has 0 spiro atoms. The van der Waals surface area contributed by atoms with Crippen LogP contribution in [0.5, 0.6) is 0 Å². The highest BCUT2D eigenvalue weighted by Crippen LogP contribution is 2.29. The fourth-order valence-electron chi connectivity index (χ4n) is 3.49. The highest BCUT2D eigenvalue weighted by Gasteiger charge is 2.38. The molecule has 0 radical (unpaired) electrons. The minimum Gasteiger partial charge on any atom is -0.452 e. The van der Waals surface area contributed by atoms with E-state index in [4.69, 9.17) is 9.26 Å². The number of ether oxygens (including phenoxy) is 1. The second kappa shape index (κ2) is 8.10. The molecule has 1 aliphatic rings. The van der Waals surface area contributed by atoms with Gasteiger partial charge in [-0.05, 0) is 62.2 Å². The summed E-state index contributed by atoms with van der Waals surface area (Å²) in [6.45, 7) is 4.96. The zero-order chi connectivity index (χ0) is 23.0. The van der Waals surface area contributed by atoms with Crippen LogP contribution in [0.3, 0.4) is 0 Å². The summed E-state index contributed by atoms with van der Waals surface area (Å²) in [5.41, 5.74) is 2.81. The first-order valence-corrected chi connectivity index (χ1v) is 9.74. The van der Waals surface area contributed by atoms with E-state index in [1.165, 1.54) is 24.3 Å². The molecule has 0 saturated carbocycles. The van der Waals surface area contributed by atoms with Crippen LogP contribution in [0.2, 0.25) is 0 Å². The lowest BCUT2D eigenvalue weighted by Gasteiger charge is -2.09. The quantitative estimate of drug-likeness (QED) is 0.485. The van der Waals surface area contributed by atoms with Crippen LogP contribution in [0.4, 0.5) is 11.5 Å². The maximum atomic E-state index is 12.7. The molecule has 0 atom stereocenters. The third-order valence-electron chi connectivity index (χ3n) is 4.81. The molecule has 1 aliphatic heterocycles. The first-order chi connectivity index (χ1) is 15.2. The normalized spacial score (nSPS) is 12.7. The molecule has 2 heterocycles. The number of aromatic nitrogens is 1. The largest absolute Gasteiger partial charge is 0.452 e. The van der Waals surface area contributed by atoms with E-state index < -0.39 is 30.3 Å². The average molecular weight is 433 g/mol. The summed E-state index contributed by atoms with van der Waals surface area (Å²) >= 11 is 0. The van der Waals surface area contributed by atoms with Gasteiger partial charge in [0.25, 0.3) is 17.7 Å². The lowest BCUT2D eigenvalue weighted by Crippen LogP contribution is -2.29. The molecule has 9 heteroatoms. The van der Waals surface area contributed by atoms with Crippen molar-refractivity contribution in [1.82, 2.24) is 5.16 Å². The molecule has 162 valence electrons. The Hall–Kier alpha value is -4.27. The molecular formula is C23H19N3O6. The fourth-order valence-corrected chi connectivity index (χ4v) is 3.49. The summed E-state index contributed by atoms with van der Waals surface area (Å²) in [7, 11) is 0. The molecule has 0 aliphatic carbocycles. The van der Waals surface area contributed by atoms with E-state index in [2.05, 4.69) is 10.5 Å². The number of carbonyl (C=O) groups is 4. The number of nitrogens with zero attached hydrogens (tertiary/aromatic N) is 2. The predicted octanol–water partition coefficient (Wildman–Crippen LogP) is 3.20. The summed E-state index contributed by atoms with van der Waals surface area (Å²) in [5, 5.41) is 6.38. The number of fused-ring (bicyclic) bond motifs is 1. The van der Waals surface area contributed by atoms with E-state index in [-0.39, 0.29) is 22.5 Å². The molecule has 0 saturated heterocycles. The van der Waals surface area contributed by atoms with Crippen molar-refractivity contribution in [2.45, 2.75) is 20.8 Å². The van der Waals surface area contributed by atoms with Crippen molar-refractivity contribution < 1.29 is 28.4 Å². The van der Waals surface area contributed by atoms with E-state index in [0.29, 0.717) is 11.4 Å². The smallest absolute Gasteiger partial charge is 0.338 e. The van der Waals surface area contributed by atoms with Crippen LogP contribution in [0.25, 0.3) is 0 Å². The van der Waals surface area contributed by atoms with Crippen LogP contribution in [0.1, 0.15) is 48.0 Å².